The van der Waals surface area contributed by atoms with Gasteiger partial charge in [-0.1, -0.05) is 12.1 Å². The summed E-state index contributed by atoms with van der Waals surface area (Å²) in [5.41, 5.74) is 1.24. The van der Waals surface area contributed by atoms with Gasteiger partial charge in [0.15, 0.2) is 0 Å². The molecular formula is C23H21FN2O5S. The molecule has 3 rings (SSSR count). The first-order valence-electron chi connectivity index (χ1n) is 9.40. The van der Waals surface area contributed by atoms with Crippen molar-refractivity contribution in [1.29, 1.82) is 0 Å². The normalized spacial score (nSPS) is 11.2. The van der Waals surface area contributed by atoms with Gasteiger partial charge in [-0.3, -0.25) is 9.52 Å². The Hall–Kier alpha value is -3.85. The summed E-state index contributed by atoms with van der Waals surface area (Å²) in [6.07, 6.45) is 2.78. The second-order valence-corrected chi connectivity index (χ2v) is 8.22. The van der Waals surface area contributed by atoms with Crippen molar-refractivity contribution in [3.05, 3.63) is 84.2 Å². The first-order valence-corrected chi connectivity index (χ1v) is 10.9. The van der Waals surface area contributed by atoms with Gasteiger partial charge in [-0.05, 0) is 66.2 Å². The first-order chi connectivity index (χ1) is 15.3. The number of ether oxygens (including phenoxy) is 2. The van der Waals surface area contributed by atoms with E-state index in [4.69, 9.17) is 9.47 Å². The fourth-order valence-electron chi connectivity index (χ4n) is 2.76. The monoisotopic (exact) mass is 456 g/mol. The van der Waals surface area contributed by atoms with Crippen LogP contribution in [0.4, 0.5) is 15.8 Å². The zero-order valence-corrected chi connectivity index (χ0v) is 18.1. The highest BCUT2D eigenvalue weighted by Gasteiger charge is 2.21. The Morgan fingerprint density at radius 3 is 2.19 bits per heavy atom. The maximum Gasteiger partial charge on any atom is 0.265 e. The molecule has 0 aromatic heterocycles. The minimum atomic E-state index is -4.01. The van der Waals surface area contributed by atoms with Crippen LogP contribution >= 0.6 is 0 Å². The lowest BCUT2D eigenvalue weighted by atomic mass is 10.2. The molecule has 166 valence electrons. The predicted octanol–water partition coefficient (Wildman–Crippen LogP) is 4.30. The van der Waals surface area contributed by atoms with Crippen LogP contribution in [0.5, 0.6) is 11.5 Å². The van der Waals surface area contributed by atoms with E-state index in [9.17, 15) is 17.6 Å². The molecule has 0 bridgehead atoms. The van der Waals surface area contributed by atoms with Crippen molar-refractivity contribution in [2.45, 2.75) is 4.90 Å². The molecule has 9 heteroatoms. The maximum absolute atomic E-state index is 13.0. The summed E-state index contributed by atoms with van der Waals surface area (Å²) in [6, 6.07) is 16.3. The zero-order chi connectivity index (χ0) is 23.1. The van der Waals surface area contributed by atoms with Crippen LogP contribution in [0.25, 0.3) is 6.08 Å². The largest absolute Gasteiger partial charge is 0.497 e. The van der Waals surface area contributed by atoms with Crippen LogP contribution in [0.3, 0.4) is 0 Å². The molecule has 32 heavy (non-hydrogen) atoms. The topological polar surface area (TPSA) is 93.7 Å². The molecule has 0 saturated heterocycles. The molecule has 1 amide bonds. The van der Waals surface area contributed by atoms with Crippen molar-refractivity contribution in [2.75, 3.05) is 24.3 Å². The summed E-state index contributed by atoms with van der Waals surface area (Å²) in [5.74, 6) is -0.150. The maximum atomic E-state index is 13.0. The molecule has 3 aromatic carbocycles. The van der Waals surface area contributed by atoms with Gasteiger partial charge in [0.25, 0.3) is 10.0 Å². The number of amides is 1. The first kappa shape index (κ1) is 22.8. The molecule has 0 radical (unpaired) electrons. The summed E-state index contributed by atoms with van der Waals surface area (Å²) < 4.78 is 51.6. The number of carbonyl (C=O) groups excluding carboxylic acids is 1. The number of hydrogen-bond acceptors (Lipinski definition) is 5. The van der Waals surface area contributed by atoms with Gasteiger partial charge in [0.1, 0.15) is 22.2 Å². The average molecular weight is 456 g/mol. The number of sulfonamides is 1. The van der Waals surface area contributed by atoms with Crippen LogP contribution in [0.2, 0.25) is 0 Å². The van der Waals surface area contributed by atoms with Crippen molar-refractivity contribution in [3.63, 3.8) is 0 Å². The van der Waals surface area contributed by atoms with E-state index in [0.717, 1.165) is 0 Å². The molecule has 0 atom stereocenters. The second-order valence-electron chi connectivity index (χ2n) is 6.57. The summed E-state index contributed by atoms with van der Waals surface area (Å²) >= 11 is 0. The van der Waals surface area contributed by atoms with Gasteiger partial charge in [0.05, 0.1) is 14.2 Å². The van der Waals surface area contributed by atoms with Crippen LogP contribution in [-0.4, -0.2) is 28.5 Å². The highest BCUT2D eigenvalue weighted by molar-refractivity contribution is 7.92. The number of benzene rings is 3. The van der Waals surface area contributed by atoms with Crippen LogP contribution in [0.15, 0.2) is 77.7 Å². The molecule has 0 heterocycles. The van der Waals surface area contributed by atoms with E-state index in [1.807, 2.05) is 0 Å². The fraction of sp³-hybridized carbons (Fsp3) is 0.0870. The van der Waals surface area contributed by atoms with Gasteiger partial charge in [0.2, 0.25) is 5.91 Å². The molecule has 0 fully saturated rings. The summed E-state index contributed by atoms with van der Waals surface area (Å²) in [7, 11) is -1.15. The highest BCUT2D eigenvalue weighted by atomic mass is 32.2. The summed E-state index contributed by atoms with van der Waals surface area (Å²) in [5, 5.41) is 2.60. The van der Waals surface area contributed by atoms with Crippen molar-refractivity contribution >= 4 is 33.4 Å². The lowest BCUT2D eigenvalue weighted by Crippen LogP contribution is -2.15. The summed E-state index contributed by atoms with van der Waals surface area (Å²) in [6.45, 7) is 0. The standard InChI is InChI=1S/C23H21FN2O5S/c1-30-20-11-8-18(9-12-20)26-32(28,29)22-15-19(10-13-21(22)31-2)25-23(27)14-5-16-3-6-17(24)7-4-16/h3-15,26H,1-2H3,(H,25,27)/b14-5+. The number of anilines is 2. The van der Waals surface area contributed by atoms with Crippen LogP contribution in [-0.2, 0) is 14.8 Å². The smallest absolute Gasteiger partial charge is 0.265 e. The number of nitrogens with one attached hydrogen (secondary N) is 2. The molecule has 0 saturated carbocycles. The average Bonchev–Trinajstić information content (AvgIpc) is 2.79. The third-order valence-corrected chi connectivity index (χ3v) is 5.76. The van der Waals surface area contributed by atoms with E-state index < -0.39 is 15.9 Å². The van der Waals surface area contributed by atoms with E-state index >= 15 is 0 Å². The van der Waals surface area contributed by atoms with Crippen LogP contribution < -0.4 is 19.5 Å². The Morgan fingerprint density at radius 1 is 0.906 bits per heavy atom. The van der Waals surface area contributed by atoms with Crippen LogP contribution in [0.1, 0.15) is 5.56 Å². The molecular weight excluding hydrogens is 435 g/mol. The van der Waals surface area contributed by atoms with Gasteiger partial charge in [-0.25, -0.2) is 12.8 Å². The number of methoxy groups -OCH3 is 2. The Bertz CT molecular complexity index is 1220. The Kier molecular flexibility index (Phi) is 7.11. The molecule has 0 unspecified atom stereocenters. The molecule has 0 aliphatic carbocycles. The Morgan fingerprint density at radius 2 is 1.56 bits per heavy atom. The minimum Gasteiger partial charge on any atom is -0.497 e. The van der Waals surface area contributed by atoms with Crippen molar-refractivity contribution < 1.29 is 27.1 Å². The van der Waals surface area contributed by atoms with E-state index in [1.54, 1.807) is 24.3 Å². The molecule has 0 spiro atoms. The molecule has 0 aliphatic heterocycles. The van der Waals surface area contributed by atoms with Crippen LogP contribution in [0, 0.1) is 5.82 Å². The molecule has 2 N–H and O–H groups in total. The van der Waals surface area contributed by atoms with E-state index in [2.05, 4.69) is 10.0 Å². The molecule has 3 aromatic rings. The van der Waals surface area contributed by atoms with Gasteiger partial charge in [0, 0.05) is 17.5 Å². The van der Waals surface area contributed by atoms with E-state index in [0.29, 0.717) is 17.0 Å². The highest BCUT2D eigenvalue weighted by Crippen LogP contribution is 2.29. The lowest BCUT2D eigenvalue weighted by molar-refractivity contribution is -0.111. The number of carbonyl (C=O) groups is 1. The van der Waals surface area contributed by atoms with Gasteiger partial charge in [-0.2, -0.15) is 0 Å². The second kappa shape index (κ2) is 9.97. The van der Waals surface area contributed by atoms with Gasteiger partial charge < -0.3 is 14.8 Å². The number of halogens is 1. The quantitative estimate of drug-likeness (QED) is 0.493. The van der Waals surface area contributed by atoms with Crippen molar-refractivity contribution in [2.24, 2.45) is 0 Å². The Balaban J connectivity index is 1.79. The molecule has 7 nitrogen and oxygen atoms in total. The number of rotatable bonds is 8. The summed E-state index contributed by atoms with van der Waals surface area (Å²) in [4.78, 5) is 12.1. The zero-order valence-electron chi connectivity index (χ0n) is 17.3. The van der Waals surface area contributed by atoms with E-state index in [-0.39, 0.29) is 22.1 Å². The van der Waals surface area contributed by atoms with E-state index in [1.165, 1.54) is 68.8 Å². The third-order valence-electron chi connectivity index (χ3n) is 4.36. The third kappa shape index (κ3) is 5.86. The predicted molar refractivity (Wildman–Crippen MR) is 121 cm³/mol. The SMILES string of the molecule is COc1ccc(NS(=O)(=O)c2cc(NC(=O)/C=C/c3ccc(F)cc3)ccc2OC)cc1. The minimum absolute atomic E-state index is 0.117. The Labute approximate surface area is 185 Å². The van der Waals surface area contributed by atoms with Crippen molar-refractivity contribution in [3.8, 4) is 11.5 Å². The molecule has 0 aliphatic rings. The van der Waals surface area contributed by atoms with Gasteiger partial charge >= 0.3 is 0 Å². The number of hydrogen-bond donors (Lipinski definition) is 2. The lowest BCUT2D eigenvalue weighted by Gasteiger charge is -2.13. The fourth-order valence-corrected chi connectivity index (χ4v) is 4.02. The van der Waals surface area contributed by atoms with Gasteiger partial charge in [-0.15, -0.1) is 0 Å². The van der Waals surface area contributed by atoms with Crippen molar-refractivity contribution in [1.82, 2.24) is 0 Å².